The second-order valence-corrected chi connectivity index (χ2v) is 8.37. The molecule has 31 heavy (non-hydrogen) atoms. The van der Waals surface area contributed by atoms with Crippen molar-refractivity contribution in [3.63, 3.8) is 0 Å². The summed E-state index contributed by atoms with van der Waals surface area (Å²) < 4.78 is 6.67. The Morgan fingerprint density at radius 2 is 1.81 bits per heavy atom. The monoisotopic (exact) mass is 477 g/mol. The number of piperazine rings is 1. The second-order valence-electron chi connectivity index (χ2n) is 7.45. The number of hydrogen-bond donors (Lipinski definition) is 0. The van der Waals surface area contributed by atoms with Crippen LogP contribution in [0.4, 0.5) is 5.95 Å². The fourth-order valence-electron chi connectivity index (χ4n) is 3.81. The van der Waals surface area contributed by atoms with Crippen molar-refractivity contribution in [2.45, 2.75) is 6.92 Å². The molecule has 7 nitrogen and oxygen atoms in total. The van der Waals surface area contributed by atoms with Crippen molar-refractivity contribution in [2.75, 3.05) is 31.1 Å². The van der Waals surface area contributed by atoms with E-state index in [1.165, 1.54) is 0 Å². The summed E-state index contributed by atoms with van der Waals surface area (Å²) in [5, 5.41) is 0.820. The van der Waals surface area contributed by atoms with E-state index in [1.807, 2.05) is 48.2 Å². The van der Waals surface area contributed by atoms with E-state index in [1.54, 1.807) is 18.5 Å². The molecule has 0 atom stereocenters. The Hall–Kier alpha value is -3.26. The predicted molar refractivity (Wildman–Crippen MR) is 122 cm³/mol. The molecule has 1 aliphatic heterocycles. The molecule has 0 spiro atoms. The van der Waals surface area contributed by atoms with Crippen molar-refractivity contribution in [3.05, 3.63) is 70.7 Å². The van der Waals surface area contributed by atoms with Crippen molar-refractivity contribution in [3.8, 4) is 11.5 Å². The molecule has 1 aliphatic rings. The van der Waals surface area contributed by atoms with Gasteiger partial charge in [-0.25, -0.2) is 15.0 Å². The quantitative estimate of drug-likeness (QED) is 0.437. The minimum Gasteiger partial charge on any atom is -0.460 e. The summed E-state index contributed by atoms with van der Waals surface area (Å²) >= 11 is 3.52. The summed E-state index contributed by atoms with van der Waals surface area (Å²) in [6, 6.07) is 13.2. The third-order valence-electron chi connectivity index (χ3n) is 5.40. The first-order valence-corrected chi connectivity index (χ1v) is 10.9. The third kappa shape index (κ3) is 3.90. The molecule has 1 saturated heterocycles. The van der Waals surface area contributed by atoms with Crippen LogP contribution >= 0.6 is 15.9 Å². The van der Waals surface area contributed by atoms with E-state index in [9.17, 15) is 4.79 Å². The molecule has 0 aliphatic carbocycles. The van der Waals surface area contributed by atoms with E-state index in [0.717, 1.165) is 21.1 Å². The van der Waals surface area contributed by atoms with Gasteiger partial charge in [-0.05, 0) is 49.4 Å². The Labute approximate surface area is 187 Å². The van der Waals surface area contributed by atoms with Gasteiger partial charge in [-0.15, -0.1) is 0 Å². The van der Waals surface area contributed by atoms with E-state index < -0.39 is 0 Å². The smallest absolute Gasteiger partial charge is 0.254 e. The van der Waals surface area contributed by atoms with Crippen molar-refractivity contribution in [1.82, 2.24) is 19.9 Å². The molecule has 156 valence electrons. The van der Waals surface area contributed by atoms with Gasteiger partial charge in [-0.3, -0.25) is 4.79 Å². The maximum atomic E-state index is 13.6. The van der Waals surface area contributed by atoms with Gasteiger partial charge in [0, 0.05) is 48.4 Å². The van der Waals surface area contributed by atoms with E-state index in [0.29, 0.717) is 49.1 Å². The molecule has 8 heteroatoms. The van der Waals surface area contributed by atoms with Crippen molar-refractivity contribution < 1.29 is 9.21 Å². The van der Waals surface area contributed by atoms with Crippen LogP contribution in [0.2, 0.25) is 0 Å². The van der Waals surface area contributed by atoms with Gasteiger partial charge in [0.05, 0.1) is 11.1 Å². The van der Waals surface area contributed by atoms with Gasteiger partial charge < -0.3 is 14.2 Å². The zero-order valence-electron chi connectivity index (χ0n) is 17.0. The molecule has 4 heterocycles. The fourth-order valence-corrected chi connectivity index (χ4v) is 4.17. The number of nitrogens with zero attached hydrogens (tertiary/aromatic N) is 5. The Morgan fingerprint density at radius 1 is 1.03 bits per heavy atom. The molecule has 5 rings (SSSR count). The Bertz CT molecular complexity index is 1250. The van der Waals surface area contributed by atoms with Gasteiger partial charge in [0.1, 0.15) is 11.5 Å². The number of aromatic nitrogens is 3. The highest BCUT2D eigenvalue weighted by Crippen LogP contribution is 2.29. The molecule has 0 bridgehead atoms. The maximum Gasteiger partial charge on any atom is 0.254 e. The van der Waals surface area contributed by atoms with Crippen LogP contribution in [0.5, 0.6) is 0 Å². The van der Waals surface area contributed by atoms with E-state index >= 15 is 0 Å². The average Bonchev–Trinajstić information content (AvgIpc) is 3.25. The first-order chi connectivity index (χ1) is 15.1. The minimum absolute atomic E-state index is 0.0105. The predicted octanol–water partition coefficient (Wildman–Crippen LogP) is 4.32. The Morgan fingerprint density at radius 3 is 2.52 bits per heavy atom. The largest absolute Gasteiger partial charge is 0.460 e. The summed E-state index contributed by atoms with van der Waals surface area (Å²) in [6.45, 7) is 4.47. The molecule has 1 amide bonds. The van der Waals surface area contributed by atoms with Crippen molar-refractivity contribution >= 4 is 38.7 Å². The van der Waals surface area contributed by atoms with Gasteiger partial charge in [-0.1, -0.05) is 15.9 Å². The molecule has 0 radical (unpaired) electrons. The Balaban J connectivity index is 1.47. The fraction of sp³-hybridized carbons (Fsp3) is 0.217. The molecule has 0 saturated carbocycles. The first kappa shape index (κ1) is 19.7. The second kappa shape index (κ2) is 8.11. The lowest BCUT2D eigenvalue weighted by Crippen LogP contribution is -2.49. The lowest BCUT2D eigenvalue weighted by molar-refractivity contribution is 0.0748. The highest BCUT2D eigenvalue weighted by atomic mass is 79.9. The molecule has 4 aromatic rings. The number of rotatable bonds is 3. The number of furan rings is 1. The molecular formula is C23H20BrN5O2. The maximum absolute atomic E-state index is 13.6. The van der Waals surface area contributed by atoms with Crippen LogP contribution in [0, 0.1) is 6.92 Å². The van der Waals surface area contributed by atoms with Crippen LogP contribution in [0.15, 0.2) is 63.7 Å². The van der Waals surface area contributed by atoms with Gasteiger partial charge in [0.15, 0.2) is 5.76 Å². The van der Waals surface area contributed by atoms with E-state index in [-0.39, 0.29) is 5.91 Å². The summed E-state index contributed by atoms with van der Waals surface area (Å²) in [5.74, 6) is 2.15. The van der Waals surface area contributed by atoms with Gasteiger partial charge in [0.2, 0.25) is 5.95 Å². The van der Waals surface area contributed by atoms with Gasteiger partial charge in [-0.2, -0.15) is 0 Å². The highest BCUT2D eigenvalue weighted by molar-refractivity contribution is 9.10. The normalized spacial score (nSPS) is 14.3. The van der Waals surface area contributed by atoms with Crippen LogP contribution in [0.25, 0.3) is 22.4 Å². The van der Waals surface area contributed by atoms with Crippen LogP contribution in [0.1, 0.15) is 16.1 Å². The molecule has 1 aromatic carbocycles. The van der Waals surface area contributed by atoms with Crippen molar-refractivity contribution in [2.24, 2.45) is 0 Å². The number of aryl methyl sites for hydroxylation is 1. The number of amides is 1. The molecule has 1 fully saturated rings. The lowest BCUT2D eigenvalue weighted by Gasteiger charge is -2.34. The number of anilines is 1. The number of carbonyl (C=O) groups excluding carboxylic acids is 1. The van der Waals surface area contributed by atoms with Crippen LogP contribution in [-0.4, -0.2) is 51.9 Å². The topological polar surface area (TPSA) is 75.4 Å². The molecular weight excluding hydrogens is 458 g/mol. The van der Waals surface area contributed by atoms with Crippen LogP contribution in [0.3, 0.4) is 0 Å². The number of pyridine rings is 1. The first-order valence-electron chi connectivity index (χ1n) is 10.1. The number of carbonyl (C=O) groups is 1. The van der Waals surface area contributed by atoms with Gasteiger partial charge in [0.25, 0.3) is 5.91 Å². The molecule has 0 unspecified atom stereocenters. The van der Waals surface area contributed by atoms with E-state index in [2.05, 4.69) is 30.8 Å². The lowest BCUT2D eigenvalue weighted by atomic mass is 10.0. The summed E-state index contributed by atoms with van der Waals surface area (Å²) in [7, 11) is 0. The number of benzene rings is 1. The number of halogens is 1. The minimum atomic E-state index is -0.0105. The third-order valence-corrected chi connectivity index (χ3v) is 5.89. The number of fused-ring (bicyclic) bond motifs is 1. The van der Waals surface area contributed by atoms with Crippen LogP contribution in [-0.2, 0) is 0 Å². The molecule has 0 N–H and O–H groups in total. The summed E-state index contributed by atoms with van der Waals surface area (Å²) in [4.78, 5) is 30.9. The summed E-state index contributed by atoms with van der Waals surface area (Å²) in [6.07, 6.45) is 3.47. The zero-order valence-corrected chi connectivity index (χ0v) is 18.5. The highest BCUT2D eigenvalue weighted by Gasteiger charge is 2.25. The average molecular weight is 478 g/mol. The summed E-state index contributed by atoms with van der Waals surface area (Å²) in [5.41, 5.74) is 2.04. The molecule has 3 aromatic heterocycles. The Kier molecular flexibility index (Phi) is 5.15. The zero-order chi connectivity index (χ0) is 21.4. The van der Waals surface area contributed by atoms with Crippen LogP contribution < -0.4 is 4.90 Å². The van der Waals surface area contributed by atoms with E-state index in [4.69, 9.17) is 9.40 Å². The van der Waals surface area contributed by atoms with Gasteiger partial charge >= 0.3 is 0 Å². The van der Waals surface area contributed by atoms with Crippen molar-refractivity contribution in [1.29, 1.82) is 0 Å². The standard InChI is InChI=1S/C23H20BrN5O2/c1-15-3-6-21(31-15)20-14-18(17-13-16(24)4-5-19(17)27-20)22(30)28-9-11-29(12-10-28)23-25-7-2-8-26-23/h2-8,13-14H,9-12H2,1H3. The SMILES string of the molecule is Cc1ccc(-c2cc(C(=O)N3CCN(c4ncccn4)CC3)c3cc(Br)ccc3n2)o1. The number of hydrogen-bond acceptors (Lipinski definition) is 6.